The van der Waals surface area contributed by atoms with Crippen LogP contribution in [0, 0.1) is 0 Å². The highest BCUT2D eigenvalue weighted by Crippen LogP contribution is 2.23. The van der Waals surface area contributed by atoms with Gasteiger partial charge in [0.1, 0.15) is 17.3 Å². The summed E-state index contributed by atoms with van der Waals surface area (Å²) in [5, 5.41) is 0. The molecule has 0 radical (unpaired) electrons. The second kappa shape index (κ2) is 8.41. The summed E-state index contributed by atoms with van der Waals surface area (Å²) in [6.45, 7) is 0.736. The first-order valence-electron chi connectivity index (χ1n) is 9.75. The molecule has 1 amide bonds. The number of para-hydroxylation sites is 1. The van der Waals surface area contributed by atoms with Gasteiger partial charge in [0.15, 0.2) is 0 Å². The van der Waals surface area contributed by atoms with Crippen molar-refractivity contribution in [3.8, 4) is 11.5 Å². The molecule has 7 heteroatoms. The predicted molar refractivity (Wildman–Crippen MR) is 112 cm³/mol. The van der Waals surface area contributed by atoms with Crippen molar-refractivity contribution in [1.29, 1.82) is 0 Å². The molecule has 0 saturated heterocycles. The number of fused-ring (bicyclic) bond motifs is 1. The van der Waals surface area contributed by atoms with E-state index in [1.165, 1.54) is 7.11 Å². The lowest BCUT2D eigenvalue weighted by Crippen LogP contribution is -2.40. The third-order valence-corrected chi connectivity index (χ3v) is 5.27. The van der Waals surface area contributed by atoms with Gasteiger partial charge >= 0.3 is 0 Å². The number of carbonyl (C=O) groups excluding carboxylic acids is 1. The molecule has 3 aromatic rings. The summed E-state index contributed by atoms with van der Waals surface area (Å²) >= 11 is 0. The van der Waals surface area contributed by atoms with Crippen molar-refractivity contribution in [2.45, 2.75) is 19.4 Å². The summed E-state index contributed by atoms with van der Waals surface area (Å²) in [4.78, 5) is 34.9. The van der Waals surface area contributed by atoms with Gasteiger partial charge in [-0.25, -0.2) is 4.98 Å². The number of aromatic nitrogens is 2. The first kappa shape index (κ1) is 19.7. The lowest BCUT2D eigenvalue weighted by atomic mass is 10.0. The highest BCUT2D eigenvalue weighted by molar-refractivity contribution is 5.97. The maximum atomic E-state index is 13.0. The van der Waals surface area contributed by atoms with E-state index in [9.17, 15) is 9.59 Å². The summed E-state index contributed by atoms with van der Waals surface area (Å²) in [6, 6.07) is 14.8. The molecular weight excluding hydrogens is 382 g/mol. The smallest absolute Gasteiger partial charge is 0.257 e. The van der Waals surface area contributed by atoms with E-state index >= 15 is 0 Å². The number of hydrogen-bond donors (Lipinski definition) is 1. The Kier molecular flexibility index (Phi) is 5.52. The normalized spacial score (nSPS) is 12.9. The third-order valence-electron chi connectivity index (χ3n) is 5.27. The van der Waals surface area contributed by atoms with Crippen molar-refractivity contribution in [2.75, 3.05) is 20.8 Å². The Morgan fingerprint density at radius 1 is 1.10 bits per heavy atom. The number of hydrogen-bond acceptors (Lipinski definition) is 5. The molecule has 7 nitrogen and oxygen atoms in total. The second-order valence-corrected chi connectivity index (χ2v) is 7.14. The van der Waals surface area contributed by atoms with Crippen LogP contribution in [0.3, 0.4) is 0 Å². The van der Waals surface area contributed by atoms with Gasteiger partial charge in [-0.1, -0.05) is 24.3 Å². The zero-order valence-corrected chi connectivity index (χ0v) is 17.0. The average molecular weight is 405 g/mol. The minimum Gasteiger partial charge on any atom is -0.497 e. The first-order chi connectivity index (χ1) is 14.6. The van der Waals surface area contributed by atoms with Crippen LogP contribution in [0.25, 0.3) is 0 Å². The van der Waals surface area contributed by atoms with Crippen molar-refractivity contribution in [3.05, 3.63) is 87.1 Å². The van der Waals surface area contributed by atoms with Crippen molar-refractivity contribution >= 4 is 5.91 Å². The van der Waals surface area contributed by atoms with Crippen LogP contribution in [-0.2, 0) is 19.4 Å². The summed E-state index contributed by atoms with van der Waals surface area (Å²) in [6.07, 6.45) is 1.06. The standard InChI is InChI=1S/C23H23N3O4/c1-29-16-9-7-15(8-10-16)13-21-24-19-11-12-26(14-18(19)22(27)25-21)23(28)17-5-3-4-6-20(17)30-2/h3-10H,11-14H2,1-2H3,(H,24,25,27). The van der Waals surface area contributed by atoms with Crippen molar-refractivity contribution in [2.24, 2.45) is 0 Å². The van der Waals surface area contributed by atoms with Crippen LogP contribution < -0.4 is 15.0 Å². The quantitative estimate of drug-likeness (QED) is 0.705. The van der Waals surface area contributed by atoms with E-state index in [-0.39, 0.29) is 18.0 Å². The SMILES string of the molecule is COc1ccc(Cc2nc3c(c(=O)[nH]2)CN(C(=O)c2ccccc2OC)CC3)cc1. The average Bonchev–Trinajstić information content (AvgIpc) is 2.79. The van der Waals surface area contributed by atoms with Crippen LogP contribution in [0.1, 0.15) is 33.0 Å². The number of carbonyl (C=O) groups is 1. The lowest BCUT2D eigenvalue weighted by molar-refractivity contribution is 0.0729. The highest BCUT2D eigenvalue weighted by atomic mass is 16.5. The van der Waals surface area contributed by atoms with E-state index in [0.717, 1.165) is 17.0 Å². The fourth-order valence-corrected chi connectivity index (χ4v) is 3.66. The molecule has 2 aromatic carbocycles. The Balaban J connectivity index is 1.54. The number of aromatic amines is 1. The van der Waals surface area contributed by atoms with Gasteiger partial charge in [0.25, 0.3) is 11.5 Å². The number of nitrogens with one attached hydrogen (secondary N) is 1. The predicted octanol–water partition coefficient (Wildman–Crippen LogP) is 2.58. The largest absolute Gasteiger partial charge is 0.497 e. The summed E-state index contributed by atoms with van der Waals surface area (Å²) in [7, 11) is 3.16. The van der Waals surface area contributed by atoms with Gasteiger partial charge in [0, 0.05) is 19.4 Å². The van der Waals surface area contributed by atoms with Gasteiger partial charge in [0.05, 0.1) is 37.6 Å². The molecule has 0 aliphatic carbocycles. The van der Waals surface area contributed by atoms with E-state index in [2.05, 4.69) is 9.97 Å². The number of H-pyrrole nitrogens is 1. The summed E-state index contributed by atoms with van der Waals surface area (Å²) < 4.78 is 10.5. The molecule has 1 aliphatic heterocycles. The maximum Gasteiger partial charge on any atom is 0.257 e. The van der Waals surface area contributed by atoms with Gasteiger partial charge < -0.3 is 19.4 Å². The van der Waals surface area contributed by atoms with Crippen LogP contribution in [0.4, 0.5) is 0 Å². The molecule has 0 fully saturated rings. The molecule has 4 rings (SSSR count). The fourth-order valence-electron chi connectivity index (χ4n) is 3.66. The van der Waals surface area contributed by atoms with Crippen LogP contribution in [0.5, 0.6) is 11.5 Å². The fraction of sp³-hybridized carbons (Fsp3) is 0.261. The topological polar surface area (TPSA) is 84.5 Å². The van der Waals surface area contributed by atoms with E-state index in [1.54, 1.807) is 30.2 Å². The molecule has 0 spiro atoms. The molecule has 30 heavy (non-hydrogen) atoms. The Bertz CT molecular complexity index is 1120. The van der Waals surface area contributed by atoms with Crippen molar-refractivity contribution in [1.82, 2.24) is 14.9 Å². The molecule has 0 unspecified atom stereocenters. The van der Waals surface area contributed by atoms with Crippen molar-refractivity contribution in [3.63, 3.8) is 0 Å². The van der Waals surface area contributed by atoms with E-state index in [1.807, 2.05) is 30.3 Å². The van der Waals surface area contributed by atoms with Gasteiger partial charge in [-0.05, 0) is 29.8 Å². The zero-order chi connectivity index (χ0) is 21.1. The van der Waals surface area contributed by atoms with E-state index in [0.29, 0.717) is 42.1 Å². The van der Waals surface area contributed by atoms with Gasteiger partial charge in [-0.3, -0.25) is 9.59 Å². The maximum absolute atomic E-state index is 13.0. The summed E-state index contributed by atoms with van der Waals surface area (Å²) in [5.41, 5.74) is 2.63. The number of rotatable bonds is 5. The molecule has 2 heterocycles. The molecule has 0 atom stereocenters. The van der Waals surface area contributed by atoms with Gasteiger partial charge in [0.2, 0.25) is 0 Å². The Labute approximate surface area is 174 Å². The molecule has 154 valence electrons. The summed E-state index contributed by atoms with van der Waals surface area (Å²) in [5.74, 6) is 1.77. The van der Waals surface area contributed by atoms with Crippen LogP contribution >= 0.6 is 0 Å². The first-order valence-corrected chi connectivity index (χ1v) is 9.75. The van der Waals surface area contributed by atoms with Crippen LogP contribution in [0.2, 0.25) is 0 Å². The zero-order valence-electron chi connectivity index (χ0n) is 17.0. The molecule has 1 aliphatic rings. The Hall–Kier alpha value is -3.61. The molecule has 1 N–H and O–H groups in total. The number of ether oxygens (including phenoxy) is 2. The molecule has 1 aromatic heterocycles. The number of benzene rings is 2. The minimum atomic E-state index is -0.193. The third kappa shape index (κ3) is 3.91. The molecule has 0 bridgehead atoms. The van der Waals surface area contributed by atoms with Gasteiger partial charge in [-0.2, -0.15) is 0 Å². The minimum absolute atomic E-state index is 0.153. The number of amides is 1. The Morgan fingerprint density at radius 3 is 2.60 bits per heavy atom. The van der Waals surface area contributed by atoms with Crippen LogP contribution in [0.15, 0.2) is 53.3 Å². The van der Waals surface area contributed by atoms with E-state index in [4.69, 9.17) is 9.47 Å². The Morgan fingerprint density at radius 2 is 1.87 bits per heavy atom. The van der Waals surface area contributed by atoms with Gasteiger partial charge in [-0.15, -0.1) is 0 Å². The molecular formula is C23H23N3O4. The second-order valence-electron chi connectivity index (χ2n) is 7.14. The van der Waals surface area contributed by atoms with E-state index < -0.39 is 0 Å². The monoisotopic (exact) mass is 405 g/mol. The highest BCUT2D eigenvalue weighted by Gasteiger charge is 2.26. The van der Waals surface area contributed by atoms with Crippen molar-refractivity contribution < 1.29 is 14.3 Å². The molecule has 0 saturated carbocycles. The number of methoxy groups -OCH3 is 2. The lowest BCUT2D eigenvalue weighted by Gasteiger charge is -2.28. The van der Waals surface area contributed by atoms with Crippen LogP contribution in [-0.4, -0.2) is 41.5 Å². The number of nitrogens with zero attached hydrogens (tertiary/aromatic N) is 2.